The first kappa shape index (κ1) is 22.9. The van der Waals surface area contributed by atoms with E-state index in [4.69, 9.17) is 0 Å². The molecule has 2 N–H and O–H groups in total. The van der Waals surface area contributed by atoms with Crippen LogP contribution in [0.3, 0.4) is 0 Å². The van der Waals surface area contributed by atoms with Crippen molar-refractivity contribution in [2.45, 2.75) is 25.7 Å². The van der Waals surface area contributed by atoms with Crippen LogP contribution in [0.5, 0.6) is 5.75 Å². The molecular weight excluding hydrogens is 445 g/mol. The van der Waals surface area contributed by atoms with E-state index in [9.17, 15) is 29.1 Å². The highest BCUT2D eigenvalue weighted by molar-refractivity contribution is 6.04. The number of carbonyl (C=O) groups is 1. The number of carboxylic acids is 1. The van der Waals surface area contributed by atoms with Crippen molar-refractivity contribution in [2.24, 2.45) is 0 Å². The number of hydrogen-bond donors (Lipinski definition) is 2. The van der Waals surface area contributed by atoms with Gasteiger partial charge in [0, 0.05) is 34.3 Å². The Morgan fingerprint density at radius 3 is 2.29 bits per heavy atom. The summed E-state index contributed by atoms with van der Waals surface area (Å²) in [5.41, 5.74) is -0.0484. The van der Waals surface area contributed by atoms with E-state index < -0.39 is 34.6 Å². The van der Waals surface area contributed by atoms with Gasteiger partial charge in [-0.05, 0) is 48.5 Å². The third kappa shape index (κ3) is 3.65. The molecule has 4 rings (SSSR count). The first-order chi connectivity index (χ1) is 16.1. The first-order valence-electron chi connectivity index (χ1n) is 10.3. The van der Waals surface area contributed by atoms with Crippen LogP contribution in [0.25, 0.3) is 27.7 Å². The van der Waals surface area contributed by atoms with Gasteiger partial charge in [-0.1, -0.05) is 19.9 Å². The lowest BCUT2D eigenvalue weighted by Gasteiger charge is -2.26. The van der Waals surface area contributed by atoms with Crippen LogP contribution in [0.1, 0.15) is 36.3 Å². The highest BCUT2D eigenvalue weighted by Gasteiger charge is 2.34. The number of benzene rings is 3. The van der Waals surface area contributed by atoms with Crippen molar-refractivity contribution in [3.8, 4) is 28.6 Å². The Kier molecular flexibility index (Phi) is 5.57. The van der Waals surface area contributed by atoms with Crippen LogP contribution in [0.15, 0.2) is 54.6 Å². The summed E-state index contributed by atoms with van der Waals surface area (Å²) in [4.78, 5) is 11.3. The van der Waals surface area contributed by atoms with E-state index in [-0.39, 0.29) is 28.5 Å². The minimum atomic E-state index is -1.32. The van der Waals surface area contributed by atoms with E-state index >= 15 is 4.39 Å². The molecule has 0 atom stereocenters. The molecule has 0 aliphatic heterocycles. The van der Waals surface area contributed by atoms with Gasteiger partial charge in [0.1, 0.15) is 11.6 Å². The number of aromatic hydroxyl groups is 1. The third-order valence-electron chi connectivity index (χ3n) is 5.79. The van der Waals surface area contributed by atoms with Gasteiger partial charge < -0.3 is 14.8 Å². The van der Waals surface area contributed by atoms with Gasteiger partial charge in [0.05, 0.1) is 22.5 Å². The summed E-state index contributed by atoms with van der Waals surface area (Å²) in [6.45, 7) is 3.48. The first-order valence-corrected chi connectivity index (χ1v) is 10.3. The molecule has 8 heteroatoms. The van der Waals surface area contributed by atoms with Crippen LogP contribution in [-0.2, 0) is 5.41 Å². The molecule has 0 spiro atoms. The molecule has 34 heavy (non-hydrogen) atoms. The summed E-state index contributed by atoms with van der Waals surface area (Å²) in [6, 6.07) is 13.3. The number of phenolic OH excluding ortho intramolecular Hbond substituents is 1. The second kappa shape index (κ2) is 8.27. The van der Waals surface area contributed by atoms with E-state index in [1.54, 1.807) is 18.4 Å². The molecule has 1 heterocycles. The van der Waals surface area contributed by atoms with Crippen molar-refractivity contribution in [1.29, 1.82) is 5.26 Å². The van der Waals surface area contributed by atoms with Crippen LogP contribution >= 0.6 is 0 Å². The second-order valence-electron chi connectivity index (χ2n) is 8.54. The van der Waals surface area contributed by atoms with Gasteiger partial charge in [0.2, 0.25) is 0 Å². The van der Waals surface area contributed by atoms with Crippen LogP contribution in [0.4, 0.5) is 13.2 Å². The number of phenols is 1. The molecule has 172 valence electrons. The maximum absolute atomic E-state index is 15.3. The normalized spacial score (nSPS) is 11.5. The van der Waals surface area contributed by atoms with Gasteiger partial charge in [-0.15, -0.1) is 0 Å². The Labute approximate surface area is 192 Å². The number of halogens is 3. The van der Waals surface area contributed by atoms with Crippen LogP contribution in [0.2, 0.25) is 0 Å². The summed E-state index contributed by atoms with van der Waals surface area (Å²) in [5.74, 6) is -4.35. The molecule has 0 unspecified atom stereocenters. The summed E-state index contributed by atoms with van der Waals surface area (Å²) in [6.07, 6.45) is -0.0183. The van der Waals surface area contributed by atoms with Crippen molar-refractivity contribution in [1.82, 2.24) is 4.57 Å². The number of hydrogen-bond acceptors (Lipinski definition) is 3. The SMILES string of the molecule is CC(C)(CC#N)c1c(-c2ccc(C(=O)O)cc2F)c2c(O)c(F)ccc2n1-c1ccc(F)cc1. The van der Waals surface area contributed by atoms with Gasteiger partial charge in [-0.3, -0.25) is 0 Å². The van der Waals surface area contributed by atoms with Gasteiger partial charge in [-0.2, -0.15) is 5.26 Å². The van der Waals surface area contributed by atoms with Gasteiger partial charge in [0.15, 0.2) is 11.6 Å². The van der Waals surface area contributed by atoms with Crippen LogP contribution < -0.4 is 0 Å². The number of nitrogens with zero attached hydrogens (tertiary/aromatic N) is 2. The Bertz CT molecular complexity index is 1480. The molecule has 0 amide bonds. The molecule has 0 saturated heterocycles. The standard InChI is InChI=1S/C26H19F3N2O3/c1-26(2,11-12-30)24-21(17-8-3-14(25(33)34)13-19(17)29)22-20(10-9-18(28)23(22)32)31(24)16-6-4-15(27)5-7-16/h3-10,13,32H,11H2,1-2H3,(H,33,34). The number of rotatable bonds is 5. The smallest absolute Gasteiger partial charge is 0.335 e. The Balaban J connectivity index is 2.23. The Morgan fingerprint density at radius 2 is 1.71 bits per heavy atom. The van der Waals surface area contributed by atoms with Crippen molar-refractivity contribution < 1.29 is 28.2 Å². The zero-order chi connectivity index (χ0) is 24.8. The number of aromatic nitrogens is 1. The van der Waals surface area contributed by atoms with Crippen molar-refractivity contribution >= 4 is 16.9 Å². The number of nitriles is 1. The van der Waals surface area contributed by atoms with Crippen LogP contribution in [0, 0.1) is 28.8 Å². The molecule has 0 aliphatic carbocycles. The molecule has 0 radical (unpaired) electrons. The molecular formula is C26H19F3N2O3. The highest BCUT2D eigenvalue weighted by Crippen LogP contribution is 2.48. The molecule has 3 aromatic carbocycles. The maximum Gasteiger partial charge on any atom is 0.335 e. The lowest BCUT2D eigenvalue weighted by Crippen LogP contribution is -2.22. The number of fused-ring (bicyclic) bond motifs is 1. The predicted octanol–water partition coefficient (Wildman–Crippen LogP) is 6.31. The molecule has 0 aliphatic rings. The summed E-state index contributed by atoms with van der Waals surface area (Å²) < 4.78 is 45.1. The zero-order valence-electron chi connectivity index (χ0n) is 18.2. The van der Waals surface area contributed by atoms with E-state index in [2.05, 4.69) is 6.07 Å². The minimum Gasteiger partial charge on any atom is -0.504 e. The average Bonchev–Trinajstić information content (AvgIpc) is 3.13. The highest BCUT2D eigenvalue weighted by atomic mass is 19.1. The fourth-order valence-corrected chi connectivity index (χ4v) is 4.23. The molecule has 0 bridgehead atoms. The molecule has 1 aromatic heterocycles. The summed E-state index contributed by atoms with van der Waals surface area (Å²) in [7, 11) is 0. The van der Waals surface area contributed by atoms with Crippen molar-refractivity contribution in [3.05, 3.63) is 83.3 Å². The van der Waals surface area contributed by atoms with E-state index in [0.717, 1.165) is 12.1 Å². The second-order valence-corrected chi connectivity index (χ2v) is 8.54. The Morgan fingerprint density at radius 1 is 1.03 bits per heavy atom. The quantitative estimate of drug-likeness (QED) is 0.362. The number of aromatic carboxylic acids is 1. The van der Waals surface area contributed by atoms with Crippen molar-refractivity contribution in [2.75, 3.05) is 0 Å². The lowest BCUT2D eigenvalue weighted by atomic mass is 9.81. The van der Waals surface area contributed by atoms with Gasteiger partial charge in [0.25, 0.3) is 0 Å². The largest absolute Gasteiger partial charge is 0.504 e. The number of carboxylic acid groups (broad SMARTS) is 1. The van der Waals surface area contributed by atoms with E-state index in [1.807, 2.05) is 0 Å². The third-order valence-corrected chi connectivity index (χ3v) is 5.79. The zero-order valence-corrected chi connectivity index (χ0v) is 18.2. The van der Waals surface area contributed by atoms with Gasteiger partial charge in [-0.25, -0.2) is 18.0 Å². The lowest BCUT2D eigenvalue weighted by molar-refractivity contribution is 0.0696. The average molecular weight is 464 g/mol. The van der Waals surface area contributed by atoms with Gasteiger partial charge >= 0.3 is 5.97 Å². The predicted molar refractivity (Wildman–Crippen MR) is 120 cm³/mol. The molecule has 0 fully saturated rings. The van der Waals surface area contributed by atoms with Crippen LogP contribution in [-0.4, -0.2) is 20.7 Å². The fourth-order valence-electron chi connectivity index (χ4n) is 4.23. The topological polar surface area (TPSA) is 86.2 Å². The summed E-state index contributed by atoms with van der Waals surface area (Å²) in [5, 5.41) is 29.4. The molecule has 4 aromatic rings. The van der Waals surface area contributed by atoms with Crippen molar-refractivity contribution in [3.63, 3.8) is 0 Å². The molecule has 0 saturated carbocycles. The summed E-state index contributed by atoms with van der Waals surface area (Å²) >= 11 is 0. The monoisotopic (exact) mass is 464 g/mol. The fraction of sp³-hybridized carbons (Fsp3) is 0.154. The molecule has 5 nitrogen and oxygen atoms in total. The Hall–Kier alpha value is -4.25. The minimum absolute atomic E-state index is 0.00712. The van der Waals surface area contributed by atoms with E-state index in [0.29, 0.717) is 16.9 Å². The van der Waals surface area contributed by atoms with E-state index in [1.165, 1.54) is 42.5 Å². The maximum atomic E-state index is 15.3.